The minimum atomic E-state index is 1.15. The van der Waals surface area contributed by atoms with Crippen LogP contribution in [0.25, 0.3) is 23.1 Å². The van der Waals surface area contributed by atoms with Gasteiger partial charge in [0.2, 0.25) is 0 Å². The number of aromatic amines is 1. The molecule has 0 saturated carbocycles. The Kier molecular flexibility index (Phi) is 4.03. The van der Waals surface area contributed by atoms with Crippen molar-refractivity contribution in [2.75, 3.05) is 0 Å². The Morgan fingerprint density at radius 2 is 2.15 bits per heavy atom. The van der Waals surface area contributed by atoms with Gasteiger partial charge in [0, 0.05) is 16.6 Å². The average Bonchev–Trinajstić information content (AvgIpc) is 3.11. The zero-order valence-electron chi connectivity index (χ0n) is 11.7. The van der Waals surface area contributed by atoms with E-state index in [1.54, 1.807) is 11.3 Å². The number of thiophene rings is 1. The van der Waals surface area contributed by atoms with E-state index in [0.717, 1.165) is 6.42 Å². The highest BCUT2D eigenvalue weighted by atomic mass is 32.1. The van der Waals surface area contributed by atoms with Crippen LogP contribution >= 0.6 is 11.3 Å². The molecule has 1 N–H and O–H groups in total. The molecule has 102 valence electrons. The molecule has 0 spiro atoms. The number of benzene rings is 1. The van der Waals surface area contributed by atoms with Crippen LogP contribution < -0.4 is 0 Å². The van der Waals surface area contributed by atoms with Gasteiger partial charge < -0.3 is 4.98 Å². The monoisotopic (exact) mass is 281 g/mol. The van der Waals surface area contributed by atoms with Gasteiger partial charge in [0.15, 0.2) is 0 Å². The zero-order valence-corrected chi connectivity index (χ0v) is 12.5. The molecule has 0 fully saturated rings. The van der Waals surface area contributed by atoms with Crippen molar-refractivity contribution in [3.05, 3.63) is 57.9 Å². The lowest BCUT2D eigenvalue weighted by atomic mass is 10.1. The second kappa shape index (κ2) is 6.10. The van der Waals surface area contributed by atoms with Crippen molar-refractivity contribution in [2.24, 2.45) is 0 Å². The van der Waals surface area contributed by atoms with Crippen molar-refractivity contribution in [3.63, 3.8) is 0 Å². The van der Waals surface area contributed by atoms with Crippen LogP contribution in [0.3, 0.4) is 0 Å². The second-order valence-electron chi connectivity index (χ2n) is 5.10. The first-order valence-electron chi connectivity index (χ1n) is 7.17. The molecule has 3 aromatic rings. The van der Waals surface area contributed by atoms with E-state index in [0.29, 0.717) is 0 Å². The molecule has 2 heteroatoms. The van der Waals surface area contributed by atoms with Crippen molar-refractivity contribution in [2.45, 2.75) is 26.2 Å². The smallest absolute Gasteiger partial charge is 0.0491 e. The number of nitrogens with one attached hydrogen (secondary N) is 1. The van der Waals surface area contributed by atoms with E-state index in [-0.39, 0.29) is 0 Å². The highest BCUT2D eigenvalue weighted by molar-refractivity contribution is 7.08. The van der Waals surface area contributed by atoms with E-state index in [1.165, 1.54) is 40.6 Å². The number of aromatic nitrogens is 1. The number of para-hydroxylation sites is 1. The summed E-state index contributed by atoms with van der Waals surface area (Å²) in [7, 11) is 0. The number of H-pyrrole nitrogens is 1. The predicted octanol–water partition coefficient (Wildman–Crippen LogP) is 5.74. The van der Waals surface area contributed by atoms with E-state index in [1.807, 2.05) is 0 Å². The Labute approximate surface area is 124 Å². The first-order chi connectivity index (χ1) is 9.86. The van der Waals surface area contributed by atoms with Crippen LogP contribution in [-0.4, -0.2) is 4.98 Å². The van der Waals surface area contributed by atoms with Gasteiger partial charge in [0.05, 0.1) is 0 Å². The summed E-state index contributed by atoms with van der Waals surface area (Å²) in [6.07, 6.45) is 7.96. The highest BCUT2D eigenvalue weighted by Crippen LogP contribution is 2.22. The van der Waals surface area contributed by atoms with Crippen LogP contribution in [0.15, 0.2) is 41.1 Å². The van der Waals surface area contributed by atoms with E-state index < -0.39 is 0 Å². The molecule has 0 bridgehead atoms. The molecule has 0 atom stereocenters. The Morgan fingerprint density at radius 3 is 2.95 bits per heavy atom. The van der Waals surface area contributed by atoms with Crippen LogP contribution in [0.1, 0.15) is 36.6 Å². The largest absolute Gasteiger partial charge is 0.355 e. The number of hydrogen-bond donors (Lipinski definition) is 1. The molecule has 2 aromatic heterocycles. The maximum absolute atomic E-state index is 3.55. The van der Waals surface area contributed by atoms with Crippen LogP contribution in [0, 0.1) is 0 Å². The molecule has 0 radical (unpaired) electrons. The maximum Gasteiger partial charge on any atom is 0.0491 e. The topological polar surface area (TPSA) is 15.8 Å². The summed E-state index contributed by atoms with van der Waals surface area (Å²) in [5, 5.41) is 5.57. The van der Waals surface area contributed by atoms with E-state index in [4.69, 9.17) is 0 Å². The quantitative estimate of drug-likeness (QED) is 0.613. The lowest BCUT2D eigenvalue weighted by Crippen LogP contribution is -1.86. The fourth-order valence-corrected chi connectivity index (χ4v) is 3.09. The van der Waals surface area contributed by atoms with Gasteiger partial charge in [-0.25, -0.2) is 0 Å². The van der Waals surface area contributed by atoms with E-state index >= 15 is 0 Å². The number of fused-ring (bicyclic) bond motifs is 1. The predicted molar refractivity (Wildman–Crippen MR) is 90.2 cm³/mol. The zero-order chi connectivity index (χ0) is 13.8. The van der Waals surface area contributed by atoms with Crippen molar-refractivity contribution < 1.29 is 0 Å². The summed E-state index contributed by atoms with van der Waals surface area (Å²) in [5.41, 5.74) is 5.17. The first-order valence-corrected chi connectivity index (χ1v) is 8.12. The number of unbranched alkanes of at least 4 members (excludes halogenated alkanes) is 1. The summed E-state index contributed by atoms with van der Waals surface area (Å²) in [6, 6.07) is 10.9. The van der Waals surface area contributed by atoms with Crippen LogP contribution in [0.4, 0.5) is 0 Å². The van der Waals surface area contributed by atoms with Gasteiger partial charge in [-0.15, -0.1) is 0 Å². The molecular formula is C18H19NS. The fraction of sp³-hybridized carbons (Fsp3) is 0.222. The Bertz CT molecular complexity index is 704. The van der Waals surface area contributed by atoms with Gasteiger partial charge in [0.1, 0.15) is 0 Å². The van der Waals surface area contributed by atoms with Gasteiger partial charge in [0.25, 0.3) is 0 Å². The molecule has 20 heavy (non-hydrogen) atoms. The first kappa shape index (κ1) is 13.2. The number of hydrogen-bond acceptors (Lipinski definition) is 1. The van der Waals surface area contributed by atoms with E-state index in [2.05, 4.69) is 65.2 Å². The molecule has 0 unspecified atom stereocenters. The summed E-state index contributed by atoms with van der Waals surface area (Å²) in [5.74, 6) is 0. The molecule has 0 aliphatic carbocycles. The molecule has 0 aliphatic heterocycles. The lowest BCUT2D eigenvalue weighted by molar-refractivity contribution is 0.798. The maximum atomic E-state index is 3.55. The Morgan fingerprint density at radius 1 is 1.20 bits per heavy atom. The van der Waals surface area contributed by atoms with Gasteiger partial charge in [-0.2, -0.15) is 11.3 Å². The normalized spacial score (nSPS) is 11.7. The Hall–Kier alpha value is -1.80. The third kappa shape index (κ3) is 2.86. The van der Waals surface area contributed by atoms with Crippen molar-refractivity contribution in [1.82, 2.24) is 4.98 Å². The molecule has 0 amide bonds. The molecule has 3 rings (SSSR count). The minimum Gasteiger partial charge on any atom is -0.355 e. The highest BCUT2D eigenvalue weighted by Gasteiger charge is 2.03. The second-order valence-corrected chi connectivity index (χ2v) is 5.88. The Balaban J connectivity index is 1.90. The van der Waals surface area contributed by atoms with E-state index in [9.17, 15) is 0 Å². The van der Waals surface area contributed by atoms with Crippen LogP contribution in [0.2, 0.25) is 0 Å². The summed E-state index contributed by atoms with van der Waals surface area (Å²) in [4.78, 5) is 3.55. The summed E-state index contributed by atoms with van der Waals surface area (Å²) < 4.78 is 0. The molecule has 1 nitrogen and oxygen atoms in total. The van der Waals surface area contributed by atoms with Crippen molar-refractivity contribution >= 4 is 34.4 Å². The van der Waals surface area contributed by atoms with Gasteiger partial charge in [-0.1, -0.05) is 37.6 Å². The van der Waals surface area contributed by atoms with Gasteiger partial charge in [-0.3, -0.25) is 0 Å². The molecular weight excluding hydrogens is 262 g/mol. The van der Waals surface area contributed by atoms with Gasteiger partial charge >= 0.3 is 0 Å². The molecule has 1 aromatic carbocycles. The van der Waals surface area contributed by atoms with Gasteiger partial charge in [-0.05, 0) is 52.9 Å². The number of rotatable bonds is 5. The number of aryl methyl sites for hydroxylation is 1. The SMILES string of the molecule is CCCCc1cccc2cc(C=Cc3ccsc3)[nH]c12. The summed E-state index contributed by atoms with van der Waals surface area (Å²) >= 11 is 1.73. The average molecular weight is 281 g/mol. The lowest BCUT2D eigenvalue weighted by Gasteiger charge is -2.01. The van der Waals surface area contributed by atoms with Crippen molar-refractivity contribution in [1.29, 1.82) is 0 Å². The molecule has 2 heterocycles. The molecule has 0 saturated heterocycles. The third-order valence-electron chi connectivity index (χ3n) is 3.56. The minimum absolute atomic E-state index is 1.15. The van der Waals surface area contributed by atoms with Crippen molar-refractivity contribution in [3.8, 4) is 0 Å². The third-order valence-corrected chi connectivity index (χ3v) is 4.26. The fourth-order valence-electron chi connectivity index (χ4n) is 2.46. The van der Waals surface area contributed by atoms with Crippen LogP contribution in [-0.2, 0) is 6.42 Å². The molecule has 0 aliphatic rings. The standard InChI is InChI=1S/C18H19NS/c1-2-3-5-15-6-4-7-16-12-17(19-18(15)16)9-8-14-10-11-20-13-14/h4,6-13,19H,2-3,5H2,1H3. The van der Waals surface area contributed by atoms with Crippen LogP contribution in [0.5, 0.6) is 0 Å². The summed E-state index contributed by atoms with van der Waals surface area (Å²) in [6.45, 7) is 2.24.